The maximum atomic E-state index is 5.83. The van der Waals surface area contributed by atoms with Gasteiger partial charge in [0.25, 0.3) is 0 Å². The van der Waals surface area contributed by atoms with Crippen LogP contribution in [0.4, 0.5) is 0 Å². The highest BCUT2D eigenvalue weighted by molar-refractivity contribution is 5.36. The van der Waals surface area contributed by atoms with Gasteiger partial charge >= 0.3 is 0 Å². The summed E-state index contributed by atoms with van der Waals surface area (Å²) in [7, 11) is 0. The Morgan fingerprint density at radius 3 is 2.75 bits per heavy atom. The molecule has 1 saturated heterocycles. The van der Waals surface area contributed by atoms with E-state index in [2.05, 4.69) is 36.6 Å². The lowest BCUT2D eigenvalue weighted by molar-refractivity contribution is 0.236. The van der Waals surface area contributed by atoms with E-state index in [1.807, 2.05) is 12.1 Å². The van der Waals surface area contributed by atoms with Crippen LogP contribution in [0.3, 0.4) is 0 Å². The third-order valence-corrected chi connectivity index (χ3v) is 2.70. The highest BCUT2D eigenvalue weighted by Crippen LogP contribution is 2.26. The Kier molecular flexibility index (Phi) is 3.80. The molecule has 1 heterocycles. The van der Waals surface area contributed by atoms with Crippen molar-refractivity contribution in [2.24, 2.45) is 0 Å². The minimum atomic E-state index is 0.220. The van der Waals surface area contributed by atoms with E-state index in [4.69, 9.17) is 4.74 Å². The number of nitrogens with one attached hydrogen (secondary N) is 2. The molecule has 16 heavy (non-hydrogen) atoms. The fraction of sp³-hybridized carbons (Fsp3) is 0.538. The number of hydrogen-bond acceptors (Lipinski definition) is 3. The summed E-state index contributed by atoms with van der Waals surface area (Å²) in [6.07, 6.45) is 0.220. The lowest BCUT2D eigenvalue weighted by atomic mass is 10.0. The highest BCUT2D eigenvalue weighted by atomic mass is 16.5. The third-order valence-electron chi connectivity index (χ3n) is 2.70. The Hall–Kier alpha value is -1.06. The fourth-order valence-electron chi connectivity index (χ4n) is 2.00. The van der Waals surface area contributed by atoms with E-state index in [0.29, 0.717) is 6.04 Å². The van der Waals surface area contributed by atoms with Gasteiger partial charge in [-0.05, 0) is 19.9 Å². The molecule has 0 spiro atoms. The van der Waals surface area contributed by atoms with Gasteiger partial charge in [-0.15, -0.1) is 0 Å². The molecule has 1 fully saturated rings. The number of hydrogen-bond donors (Lipinski definition) is 2. The van der Waals surface area contributed by atoms with Gasteiger partial charge in [0.1, 0.15) is 5.75 Å². The topological polar surface area (TPSA) is 33.3 Å². The Labute approximate surface area is 97.2 Å². The van der Waals surface area contributed by atoms with Gasteiger partial charge in [-0.1, -0.05) is 18.2 Å². The summed E-state index contributed by atoms with van der Waals surface area (Å²) in [6.45, 7) is 7.15. The van der Waals surface area contributed by atoms with Crippen LogP contribution in [0.1, 0.15) is 25.5 Å². The first kappa shape index (κ1) is 11.4. The summed E-state index contributed by atoms with van der Waals surface area (Å²) in [4.78, 5) is 0. The zero-order valence-electron chi connectivity index (χ0n) is 9.99. The predicted octanol–water partition coefficient (Wildman–Crippen LogP) is 1.71. The van der Waals surface area contributed by atoms with Crippen LogP contribution in [0.5, 0.6) is 5.75 Å². The SMILES string of the molecule is CC(C)Oc1ccccc1[C@H]1CNCCN1. The van der Waals surface area contributed by atoms with E-state index in [0.717, 1.165) is 25.4 Å². The van der Waals surface area contributed by atoms with Gasteiger partial charge in [-0.2, -0.15) is 0 Å². The van der Waals surface area contributed by atoms with Gasteiger partial charge < -0.3 is 15.4 Å². The molecule has 2 N–H and O–H groups in total. The summed E-state index contributed by atoms with van der Waals surface area (Å²) in [6, 6.07) is 8.65. The van der Waals surface area contributed by atoms with Crippen molar-refractivity contribution in [3.8, 4) is 5.75 Å². The van der Waals surface area contributed by atoms with Crippen molar-refractivity contribution in [3.63, 3.8) is 0 Å². The van der Waals surface area contributed by atoms with Crippen molar-refractivity contribution in [2.45, 2.75) is 26.0 Å². The van der Waals surface area contributed by atoms with E-state index in [1.54, 1.807) is 0 Å². The van der Waals surface area contributed by atoms with E-state index < -0.39 is 0 Å². The summed E-state index contributed by atoms with van der Waals surface area (Å²) in [5, 5.41) is 6.90. The Morgan fingerprint density at radius 1 is 1.25 bits per heavy atom. The van der Waals surface area contributed by atoms with Crippen molar-refractivity contribution in [1.29, 1.82) is 0 Å². The van der Waals surface area contributed by atoms with Crippen LogP contribution in [0.15, 0.2) is 24.3 Å². The van der Waals surface area contributed by atoms with Crippen molar-refractivity contribution < 1.29 is 4.74 Å². The van der Waals surface area contributed by atoms with Crippen LogP contribution in [-0.4, -0.2) is 25.7 Å². The zero-order chi connectivity index (χ0) is 11.4. The molecule has 0 aromatic heterocycles. The maximum absolute atomic E-state index is 5.83. The number of para-hydroxylation sites is 1. The molecule has 0 saturated carbocycles. The van der Waals surface area contributed by atoms with Crippen LogP contribution in [0.2, 0.25) is 0 Å². The minimum absolute atomic E-state index is 0.220. The van der Waals surface area contributed by atoms with Crippen molar-refractivity contribution in [2.75, 3.05) is 19.6 Å². The summed E-state index contributed by atoms with van der Waals surface area (Å²) in [5.41, 5.74) is 1.25. The van der Waals surface area contributed by atoms with Gasteiger partial charge in [0.05, 0.1) is 6.10 Å². The maximum Gasteiger partial charge on any atom is 0.124 e. The van der Waals surface area contributed by atoms with E-state index in [-0.39, 0.29) is 6.10 Å². The smallest absolute Gasteiger partial charge is 0.124 e. The van der Waals surface area contributed by atoms with Gasteiger partial charge in [-0.25, -0.2) is 0 Å². The fourth-order valence-corrected chi connectivity index (χ4v) is 2.00. The summed E-state index contributed by atoms with van der Waals surface area (Å²) < 4.78 is 5.83. The number of ether oxygens (including phenoxy) is 1. The Bertz CT molecular complexity index is 332. The van der Waals surface area contributed by atoms with Crippen molar-refractivity contribution in [3.05, 3.63) is 29.8 Å². The molecule has 88 valence electrons. The molecule has 0 amide bonds. The highest BCUT2D eigenvalue weighted by Gasteiger charge is 2.18. The molecule has 1 aliphatic heterocycles. The summed E-state index contributed by atoms with van der Waals surface area (Å²) >= 11 is 0. The Balaban J connectivity index is 2.17. The third kappa shape index (κ3) is 2.74. The number of benzene rings is 1. The van der Waals surface area contributed by atoms with E-state index in [1.165, 1.54) is 5.56 Å². The zero-order valence-corrected chi connectivity index (χ0v) is 9.99. The molecule has 0 radical (unpaired) electrons. The Morgan fingerprint density at radius 2 is 2.06 bits per heavy atom. The number of rotatable bonds is 3. The summed E-state index contributed by atoms with van der Waals surface area (Å²) in [5.74, 6) is 0.999. The molecular weight excluding hydrogens is 200 g/mol. The van der Waals surface area contributed by atoms with Crippen molar-refractivity contribution in [1.82, 2.24) is 10.6 Å². The minimum Gasteiger partial charge on any atom is -0.491 e. The molecule has 0 unspecified atom stereocenters. The van der Waals surface area contributed by atoms with Gasteiger partial charge in [-0.3, -0.25) is 0 Å². The first-order valence-electron chi connectivity index (χ1n) is 5.97. The van der Waals surface area contributed by atoms with Crippen LogP contribution < -0.4 is 15.4 Å². The molecular formula is C13H20N2O. The predicted molar refractivity (Wildman–Crippen MR) is 65.8 cm³/mol. The average Bonchev–Trinajstić information content (AvgIpc) is 2.30. The lowest BCUT2D eigenvalue weighted by Crippen LogP contribution is -2.42. The standard InChI is InChI=1S/C13H20N2O/c1-10(2)16-13-6-4-3-5-11(13)12-9-14-7-8-15-12/h3-6,10,12,14-15H,7-9H2,1-2H3/t12-/m1/s1. The molecule has 0 bridgehead atoms. The molecule has 2 rings (SSSR count). The molecule has 0 aliphatic carbocycles. The molecule has 1 atom stereocenters. The second-order valence-corrected chi connectivity index (χ2v) is 4.42. The number of piperazine rings is 1. The van der Waals surface area contributed by atoms with Crippen LogP contribution >= 0.6 is 0 Å². The van der Waals surface area contributed by atoms with Crippen LogP contribution in [-0.2, 0) is 0 Å². The van der Waals surface area contributed by atoms with E-state index in [9.17, 15) is 0 Å². The first-order valence-corrected chi connectivity index (χ1v) is 5.97. The quantitative estimate of drug-likeness (QED) is 0.813. The van der Waals surface area contributed by atoms with Gasteiger partial charge in [0.2, 0.25) is 0 Å². The van der Waals surface area contributed by atoms with Gasteiger partial charge in [0, 0.05) is 31.2 Å². The van der Waals surface area contributed by atoms with Crippen LogP contribution in [0, 0.1) is 0 Å². The molecule has 3 nitrogen and oxygen atoms in total. The second-order valence-electron chi connectivity index (χ2n) is 4.42. The molecule has 3 heteroatoms. The monoisotopic (exact) mass is 220 g/mol. The molecule has 1 aliphatic rings. The van der Waals surface area contributed by atoms with E-state index >= 15 is 0 Å². The second kappa shape index (κ2) is 5.32. The molecule has 1 aromatic carbocycles. The van der Waals surface area contributed by atoms with Gasteiger partial charge in [0.15, 0.2) is 0 Å². The normalized spacial score (nSPS) is 21.1. The average molecular weight is 220 g/mol. The largest absolute Gasteiger partial charge is 0.491 e. The first-order chi connectivity index (χ1) is 7.77. The van der Waals surface area contributed by atoms with Crippen LogP contribution in [0.25, 0.3) is 0 Å². The lowest BCUT2D eigenvalue weighted by Gasteiger charge is -2.27. The molecule has 1 aromatic rings. The van der Waals surface area contributed by atoms with Crippen molar-refractivity contribution >= 4 is 0 Å².